The van der Waals surface area contributed by atoms with Crippen LogP contribution >= 0.6 is 0 Å². The Kier molecular flexibility index (Phi) is 4.52. The molecule has 0 aromatic heterocycles. The number of alkyl halides is 3. The third kappa shape index (κ3) is 3.10. The lowest BCUT2D eigenvalue weighted by molar-refractivity contribution is -0.153. The van der Waals surface area contributed by atoms with Gasteiger partial charge in [0.1, 0.15) is 0 Å². The minimum Gasteiger partial charge on any atom is -0.505 e. The minimum atomic E-state index is -4.86. The number of hydrogen-bond donors (Lipinski definition) is 2. The standard InChI is InChI=1S/C13H15F4NO3/c1-12(2,11(20)21-3)10(18)8-6(13(15,16)17)4-5-7(14)9(8)19/h4-5,10,19H,18H2,1-3H3/t10-/m0/s1. The second kappa shape index (κ2) is 5.51. The number of phenolic OH excluding ortho intramolecular Hbond substituents is 1. The average Bonchev–Trinajstić information content (AvgIpc) is 2.38. The zero-order valence-electron chi connectivity index (χ0n) is 11.6. The van der Waals surface area contributed by atoms with Crippen LogP contribution < -0.4 is 5.73 Å². The fourth-order valence-electron chi connectivity index (χ4n) is 1.89. The van der Waals surface area contributed by atoms with E-state index in [4.69, 9.17) is 5.73 Å². The Labute approximate surface area is 118 Å². The van der Waals surface area contributed by atoms with Crippen LogP contribution in [0, 0.1) is 11.2 Å². The largest absolute Gasteiger partial charge is 0.505 e. The lowest BCUT2D eigenvalue weighted by Gasteiger charge is -2.31. The summed E-state index contributed by atoms with van der Waals surface area (Å²) in [5.74, 6) is -3.37. The molecule has 4 nitrogen and oxygen atoms in total. The molecule has 0 radical (unpaired) electrons. The van der Waals surface area contributed by atoms with E-state index in [2.05, 4.69) is 4.74 Å². The van der Waals surface area contributed by atoms with Crippen molar-refractivity contribution >= 4 is 5.97 Å². The normalized spacial score (nSPS) is 13.9. The number of carbonyl (C=O) groups excluding carboxylic acids is 1. The van der Waals surface area contributed by atoms with Gasteiger partial charge in [-0.3, -0.25) is 4.79 Å². The average molecular weight is 309 g/mol. The predicted molar refractivity (Wildman–Crippen MR) is 65.8 cm³/mol. The second-order valence-corrected chi connectivity index (χ2v) is 5.05. The maximum atomic E-state index is 13.4. The van der Waals surface area contributed by atoms with Crippen molar-refractivity contribution in [3.05, 3.63) is 29.1 Å². The molecular weight excluding hydrogens is 294 g/mol. The number of hydrogen-bond acceptors (Lipinski definition) is 4. The highest BCUT2D eigenvalue weighted by molar-refractivity contribution is 5.77. The summed E-state index contributed by atoms with van der Waals surface area (Å²) in [4.78, 5) is 11.6. The summed E-state index contributed by atoms with van der Waals surface area (Å²) in [6.07, 6.45) is -4.86. The molecule has 8 heteroatoms. The quantitative estimate of drug-likeness (QED) is 0.665. The zero-order chi connectivity index (χ0) is 16.6. The summed E-state index contributed by atoms with van der Waals surface area (Å²) in [5, 5.41) is 9.62. The van der Waals surface area contributed by atoms with Crippen molar-refractivity contribution in [2.45, 2.75) is 26.1 Å². The number of carbonyl (C=O) groups is 1. The number of nitrogens with two attached hydrogens (primary N) is 1. The van der Waals surface area contributed by atoms with Crippen LogP contribution in [-0.2, 0) is 15.7 Å². The predicted octanol–water partition coefficient (Wildman–Crippen LogP) is 2.75. The summed E-state index contributed by atoms with van der Waals surface area (Å²) in [6.45, 7) is 2.49. The highest BCUT2D eigenvalue weighted by atomic mass is 19.4. The summed E-state index contributed by atoms with van der Waals surface area (Å²) in [7, 11) is 1.05. The molecule has 0 saturated heterocycles. The fraction of sp³-hybridized carbons (Fsp3) is 0.462. The van der Waals surface area contributed by atoms with Crippen molar-refractivity contribution in [2.24, 2.45) is 11.1 Å². The number of benzene rings is 1. The minimum absolute atomic E-state index is 0.470. The molecule has 0 spiro atoms. The fourth-order valence-corrected chi connectivity index (χ4v) is 1.89. The van der Waals surface area contributed by atoms with Crippen LogP contribution in [0.15, 0.2) is 12.1 Å². The molecule has 0 fully saturated rings. The molecule has 0 aliphatic rings. The van der Waals surface area contributed by atoms with Gasteiger partial charge in [-0.05, 0) is 26.0 Å². The lowest BCUT2D eigenvalue weighted by atomic mass is 9.79. The number of ether oxygens (including phenoxy) is 1. The first-order chi connectivity index (χ1) is 9.44. The first-order valence-corrected chi connectivity index (χ1v) is 5.87. The van der Waals surface area contributed by atoms with Gasteiger partial charge in [0.05, 0.1) is 18.1 Å². The molecule has 0 amide bonds. The van der Waals surface area contributed by atoms with Gasteiger partial charge in [0.15, 0.2) is 11.6 Å². The Hall–Kier alpha value is -1.83. The van der Waals surface area contributed by atoms with Crippen LogP contribution in [0.5, 0.6) is 5.75 Å². The molecule has 0 saturated carbocycles. The molecule has 3 N–H and O–H groups in total. The summed E-state index contributed by atoms with van der Waals surface area (Å²) < 4.78 is 56.8. The Bertz CT molecular complexity index is 555. The number of rotatable bonds is 3. The van der Waals surface area contributed by atoms with E-state index in [1.54, 1.807) is 0 Å². The Balaban J connectivity index is 3.55. The van der Waals surface area contributed by atoms with Crippen molar-refractivity contribution in [2.75, 3.05) is 7.11 Å². The summed E-state index contributed by atoms with van der Waals surface area (Å²) in [5.41, 5.74) is 1.91. The van der Waals surface area contributed by atoms with Gasteiger partial charge in [0.25, 0.3) is 0 Å². The molecule has 0 bridgehead atoms. The number of esters is 1. The highest BCUT2D eigenvalue weighted by Gasteiger charge is 2.44. The van der Waals surface area contributed by atoms with E-state index in [0.29, 0.717) is 12.1 Å². The molecule has 0 aliphatic carbocycles. The topological polar surface area (TPSA) is 72.5 Å². The molecular formula is C13H15F4NO3. The van der Waals surface area contributed by atoms with E-state index in [1.165, 1.54) is 13.8 Å². The van der Waals surface area contributed by atoms with E-state index in [1.807, 2.05) is 0 Å². The van der Waals surface area contributed by atoms with Crippen molar-refractivity contribution in [1.29, 1.82) is 0 Å². The van der Waals surface area contributed by atoms with E-state index < -0.39 is 46.3 Å². The molecule has 0 heterocycles. The molecule has 1 rings (SSSR count). The summed E-state index contributed by atoms with van der Waals surface area (Å²) in [6, 6.07) is -0.658. The van der Waals surface area contributed by atoms with Gasteiger partial charge in [-0.15, -0.1) is 0 Å². The number of aromatic hydroxyl groups is 1. The monoisotopic (exact) mass is 309 g/mol. The Morgan fingerprint density at radius 2 is 1.86 bits per heavy atom. The number of halogens is 4. The highest BCUT2D eigenvalue weighted by Crippen LogP contribution is 2.44. The van der Waals surface area contributed by atoms with Gasteiger partial charge in [0.2, 0.25) is 0 Å². The van der Waals surface area contributed by atoms with Crippen molar-refractivity contribution in [3.63, 3.8) is 0 Å². The van der Waals surface area contributed by atoms with Crippen molar-refractivity contribution < 1.29 is 32.2 Å². The van der Waals surface area contributed by atoms with Crippen LogP contribution in [0.2, 0.25) is 0 Å². The molecule has 21 heavy (non-hydrogen) atoms. The molecule has 0 unspecified atom stereocenters. The van der Waals surface area contributed by atoms with E-state index in [-0.39, 0.29) is 0 Å². The van der Waals surface area contributed by atoms with Crippen LogP contribution in [0.4, 0.5) is 17.6 Å². The van der Waals surface area contributed by atoms with E-state index in [9.17, 15) is 27.5 Å². The van der Waals surface area contributed by atoms with Crippen LogP contribution in [0.25, 0.3) is 0 Å². The molecule has 1 atom stereocenters. The van der Waals surface area contributed by atoms with Gasteiger partial charge in [-0.1, -0.05) is 0 Å². The lowest BCUT2D eigenvalue weighted by Crippen LogP contribution is -2.38. The summed E-state index contributed by atoms with van der Waals surface area (Å²) >= 11 is 0. The molecule has 1 aromatic carbocycles. The first kappa shape index (κ1) is 17.2. The van der Waals surface area contributed by atoms with Gasteiger partial charge < -0.3 is 15.6 Å². The maximum Gasteiger partial charge on any atom is 0.416 e. The number of methoxy groups -OCH3 is 1. The SMILES string of the molecule is COC(=O)C(C)(C)[C@@H](N)c1c(C(F)(F)F)ccc(F)c1O. The van der Waals surface area contributed by atoms with Crippen molar-refractivity contribution in [3.8, 4) is 5.75 Å². The van der Waals surface area contributed by atoms with Crippen LogP contribution in [-0.4, -0.2) is 18.2 Å². The first-order valence-electron chi connectivity index (χ1n) is 5.87. The van der Waals surface area contributed by atoms with Gasteiger partial charge >= 0.3 is 12.1 Å². The molecule has 0 aliphatic heterocycles. The van der Waals surface area contributed by atoms with Gasteiger partial charge in [-0.2, -0.15) is 13.2 Å². The van der Waals surface area contributed by atoms with Gasteiger partial charge in [0, 0.05) is 11.6 Å². The van der Waals surface area contributed by atoms with E-state index in [0.717, 1.165) is 7.11 Å². The Morgan fingerprint density at radius 3 is 2.29 bits per heavy atom. The van der Waals surface area contributed by atoms with Gasteiger partial charge in [-0.25, -0.2) is 4.39 Å². The maximum absolute atomic E-state index is 13.4. The Morgan fingerprint density at radius 1 is 1.33 bits per heavy atom. The molecule has 118 valence electrons. The zero-order valence-corrected chi connectivity index (χ0v) is 11.6. The van der Waals surface area contributed by atoms with Crippen molar-refractivity contribution in [1.82, 2.24) is 0 Å². The smallest absolute Gasteiger partial charge is 0.416 e. The third-order valence-electron chi connectivity index (χ3n) is 3.27. The van der Waals surface area contributed by atoms with Crippen LogP contribution in [0.1, 0.15) is 31.0 Å². The second-order valence-electron chi connectivity index (χ2n) is 5.05. The third-order valence-corrected chi connectivity index (χ3v) is 3.27. The number of phenols is 1. The molecule has 1 aromatic rings. The van der Waals surface area contributed by atoms with E-state index >= 15 is 0 Å². The van der Waals surface area contributed by atoms with Crippen LogP contribution in [0.3, 0.4) is 0 Å².